The van der Waals surface area contributed by atoms with Crippen molar-refractivity contribution in [1.29, 1.82) is 0 Å². The van der Waals surface area contributed by atoms with Gasteiger partial charge in [-0.1, -0.05) is 30.3 Å². The van der Waals surface area contributed by atoms with E-state index in [0.29, 0.717) is 30.1 Å². The molecular weight excluding hydrogens is 350 g/mol. The number of nitrogens with zero attached hydrogens (tertiary/aromatic N) is 3. The van der Waals surface area contributed by atoms with Gasteiger partial charge in [-0.2, -0.15) is 0 Å². The summed E-state index contributed by atoms with van der Waals surface area (Å²) in [6.07, 6.45) is 0. The normalized spacial score (nSPS) is 11.2. The van der Waals surface area contributed by atoms with E-state index in [0.717, 1.165) is 16.3 Å². The van der Waals surface area contributed by atoms with E-state index in [1.165, 1.54) is 0 Å². The van der Waals surface area contributed by atoms with Crippen LogP contribution in [0.2, 0.25) is 0 Å². The molecule has 3 rings (SSSR count). The van der Waals surface area contributed by atoms with Crippen molar-refractivity contribution in [3.63, 3.8) is 0 Å². The number of amides is 1. The Morgan fingerprint density at radius 2 is 1.92 bits per heavy atom. The predicted molar refractivity (Wildman–Crippen MR) is 109 cm³/mol. The number of pyridine rings is 1. The van der Waals surface area contributed by atoms with Gasteiger partial charge in [0.1, 0.15) is 0 Å². The van der Waals surface area contributed by atoms with Gasteiger partial charge in [0, 0.05) is 38.0 Å². The minimum atomic E-state index is -0.145. The highest BCUT2D eigenvalue weighted by Crippen LogP contribution is 2.22. The van der Waals surface area contributed by atoms with Crippen molar-refractivity contribution in [3.8, 4) is 0 Å². The van der Waals surface area contributed by atoms with E-state index >= 15 is 0 Å². The molecule has 26 heavy (non-hydrogen) atoms. The lowest BCUT2D eigenvalue weighted by atomic mass is 10.1. The van der Waals surface area contributed by atoms with Gasteiger partial charge in [-0.15, -0.1) is 12.4 Å². The summed E-state index contributed by atoms with van der Waals surface area (Å²) in [6, 6.07) is 15.6. The van der Waals surface area contributed by atoms with Crippen LogP contribution in [0.5, 0.6) is 0 Å². The first-order valence-electron chi connectivity index (χ1n) is 8.10. The summed E-state index contributed by atoms with van der Waals surface area (Å²) >= 11 is 0. The van der Waals surface area contributed by atoms with Crippen LogP contribution >= 0.6 is 12.4 Å². The van der Waals surface area contributed by atoms with Gasteiger partial charge in [-0.25, -0.2) is 4.98 Å². The number of benzene rings is 2. The van der Waals surface area contributed by atoms with Crippen LogP contribution < -0.4 is 11.1 Å². The first-order valence-corrected chi connectivity index (χ1v) is 8.10. The molecule has 0 saturated heterocycles. The van der Waals surface area contributed by atoms with Gasteiger partial charge >= 0.3 is 0 Å². The highest BCUT2D eigenvalue weighted by Gasteiger charge is 2.12. The lowest BCUT2D eigenvalue weighted by Gasteiger charge is -2.17. The van der Waals surface area contributed by atoms with E-state index in [2.05, 4.69) is 21.4 Å². The molecule has 0 radical (unpaired) electrons. The van der Waals surface area contributed by atoms with Gasteiger partial charge in [-0.3, -0.25) is 9.79 Å². The Bertz CT molecular complexity index is 957. The Hall–Kier alpha value is -2.86. The molecule has 0 atom stereocenters. The van der Waals surface area contributed by atoms with Crippen LogP contribution in [0.3, 0.4) is 0 Å². The minimum absolute atomic E-state index is 0. The molecule has 1 heterocycles. The Kier molecular flexibility index (Phi) is 6.36. The van der Waals surface area contributed by atoms with Crippen LogP contribution in [0, 0.1) is 0 Å². The lowest BCUT2D eigenvalue weighted by molar-refractivity contribution is 0.0953. The molecule has 6 nitrogen and oxygen atoms in total. The standard InChI is InChI=1S/C19H21N5O.ClH/c1-21-19(20)24(2)11-10-22-18(25)15-8-5-7-14-12-13-6-3-4-9-16(13)23-17(14)15;/h3-9,12H,10-11H2,1-2H3,(H2,20,21)(H,22,25);1H. The molecule has 0 saturated carbocycles. The largest absolute Gasteiger partial charge is 0.370 e. The quantitative estimate of drug-likeness (QED) is 0.419. The van der Waals surface area contributed by atoms with Crippen molar-refractivity contribution >= 4 is 46.1 Å². The van der Waals surface area contributed by atoms with E-state index in [-0.39, 0.29) is 18.3 Å². The number of halogens is 1. The molecule has 7 heteroatoms. The third kappa shape index (κ3) is 4.03. The third-order valence-electron chi connectivity index (χ3n) is 4.14. The number of aromatic nitrogens is 1. The van der Waals surface area contributed by atoms with E-state index in [4.69, 9.17) is 5.73 Å². The predicted octanol–water partition coefficient (Wildman–Crippen LogP) is 2.42. The monoisotopic (exact) mass is 371 g/mol. The molecule has 136 valence electrons. The smallest absolute Gasteiger partial charge is 0.253 e. The summed E-state index contributed by atoms with van der Waals surface area (Å²) in [5, 5.41) is 4.93. The number of para-hydroxylation sites is 2. The Morgan fingerprint density at radius 3 is 2.69 bits per heavy atom. The number of hydrogen-bond acceptors (Lipinski definition) is 3. The Morgan fingerprint density at radius 1 is 1.19 bits per heavy atom. The second kappa shape index (κ2) is 8.49. The number of carbonyl (C=O) groups is 1. The molecule has 0 spiro atoms. The number of nitrogens with one attached hydrogen (secondary N) is 1. The van der Waals surface area contributed by atoms with Crippen LogP contribution in [-0.4, -0.2) is 48.9 Å². The number of carbonyl (C=O) groups excluding carboxylic acids is 1. The van der Waals surface area contributed by atoms with Gasteiger partial charge in [0.25, 0.3) is 5.91 Å². The summed E-state index contributed by atoms with van der Waals surface area (Å²) in [6.45, 7) is 1.05. The van der Waals surface area contributed by atoms with Gasteiger partial charge in [-0.05, 0) is 18.2 Å². The highest BCUT2D eigenvalue weighted by atomic mass is 35.5. The number of guanidine groups is 1. The van der Waals surface area contributed by atoms with Crippen LogP contribution in [0.25, 0.3) is 21.8 Å². The summed E-state index contributed by atoms with van der Waals surface area (Å²) in [7, 11) is 3.47. The van der Waals surface area contributed by atoms with Gasteiger partial charge < -0.3 is 16.0 Å². The van der Waals surface area contributed by atoms with E-state index < -0.39 is 0 Å². The molecule has 2 aromatic carbocycles. The molecule has 0 aliphatic heterocycles. The zero-order valence-corrected chi connectivity index (χ0v) is 15.6. The van der Waals surface area contributed by atoms with E-state index in [1.54, 1.807) is 18.0 Å². The minimum Gasteiger partial charge on any atom is -0.370 e. The molecule has 1 aromatic heterocycles. The zero-order valence-electron chi connectivity index (χ0n) is 14.8. The van der Waals surface area contributed by atoms with Crippen molar-refractivity contribution in [2.75, 3.05) is 27.2 Å². The lowest BCUT2D eigenvalue weighted by Crippen LogP contribution is -2.39. The molecule has 3 aromatic rings. The Balaban J connectivity index is 0.00000243. The summed E-state index contributed by atoms with van der Waals surface area (Å²) in [4.78, 5) is 23.0. The van der Waals surface area contributed by atoms with Crippen molar-refractivity contribution in [1.82, 2.24) is 15.2 Å². The first kappa shape index (κ1) is 19.5. The Labute approximate surface area is 158 Å². The second-order valence-electron chi connectivity index (χ2n) is 5.82. The van der Waals surface area contributed by atoms with Gasteiger partial charge in [0.2, 0.25) is 0 Å². The van der Waals surface area contributed by atoms with Crippen LogP contribution in [-0.2, 0) is 0 Å². The average Bonchev–Trinajstić information content (AvgIpc) is 2.64. The van der Waals surface area contributed by atoms with Gasteiger partial charge in [0.15, 0.2) is 5.96 Å². The van der Waals surface area contributed by atoms with Crippen molar-refractivity contribution < 1.29 is 4.79 Å². The maximum atomic E-state index is 12.6. The molecule has 1 amide bonds. The van der Waals surface area contributed by atoms with Crippen LogP contribution in [0.4, 0.5) is 0 Å². The number of nitrogens with two attached hydrogens (primary N) is 1. The molecule has 0 unspecified atom stereocenters. The fraction of sp³-hybridized carbons (Fsp3) is 0.211. The maximum absolute atomic E-state index is 12.6. The average molecular weight is 372 g/mol. The highest BCUT2D eigenvalue weighted by molar-refractivity contribution is 6.07. The van der Waals surface area contributed by atoms with Crippen molar-refractivity contribution in [3.05, 3.63) is 54.1 Å². The molecule has 0 fully saturated rings. The number of fused-ring (bicyclic) bond motifs is 2. The molecule has 0 bridgehead atoms. The number of likely N-dealkylation sites (N-methyl/N-ethyl adjacent to an activating group) is 1. The fourth-order valence-corrected chi connectivity index (χ4v) is 2.70. The van der Waals surface area contributed by atoms with E-state index in [9.17, 15) is 4.79 Å². The fourth-order valence-electron chi connectivity index (χ4n) is 2.70. The van der Waals surface area contributed by atoms with Crippen LogP contribution in [0.1, 0.15) is 10.4 Å². The topological polar surface area (TPSA) is 83.6 Å². The molecular formula is C19H22ClN5O. The number of aliphatic imine (C=N–C) groups is 1. The third-order valence-corrected chi connectivity index (χ3v) is 4.14. The number of hydrogen-bond donors (Lipinski definition) is 2. The number of rotatable bonds is 4. The van der Waals surface area contributed by atoms with Crippen LogP contribution in [0.15, 0.2) is 53.5 Å². The summed E-state index contributed by atoms with van der Waals surface area (Å²) in [5.74, 6) is 0.293. The SMILES string of the molecule is CN=C(N)N(C)CCNC(=O)c1cccc2cc3ccccc3nc12.Cl. The van der Waals surface area contributed by atoms with E-state index in [1.807, 2.05) is 43.4 Å². The molecule has 0 aliphatic carbocycles. The summed E-state index contributed by atoms with van der Waals surface area (Å²) in [5.41, 5.74) is 7.88. The first-order chi connectivity index (χ1) is 12.1. The van der Waals surface area contributed by atoms with Crippen molar-refractivity contribution in [2.24, 2.45) is 10.7 Å². The summed E-state index contributed by atoms with van der Waals surface area (Å²) < 4.78 is 0. The maximum Gasteiger partial charge on any atom is 0.253 e. The molecule has 3 N–H and O–H groups in total. The van der Waals surface area contributed by atoms with Crippen molar-refractivity contribution in [2.45, 2.75) is 0 Å². The second-order valence-corrected chi connectivity index (χ2v) is 5.82. The molecule has 0 aliphatic rings. The zero-order chi connectivity index (χ0) is 17.8. The van der Waals surface area contributed by atoms with Gasteiger partial charge in [0.05, 0.1) is 16.6 Å².